The number of hydrogen-bond acceptors (Lipinski definition) is 5. The zero-order chi connectivity index (χ0) is 19.2. The lowest BCUT2D eigenvalue weighted by Gasteiger charge is -2.26. The van der Waals surface area contributed by atoms with Crippen molar-refractivity contribution in [1.82, 2.24) is 9.88 Å². The van der Waals surface area contributed by atoms with Gasteiger partial charge in [0.25, 0.3) is 11.8 Å². The fraction of sp³-hybridized carbons (Fsp3) is 0.350. The maximum atomic E-state index is 12.7. The number of nitrogens with one attached hydrogen (secondary N) is 1. The minimum Gasteiger partial charge on any atom is -0.489 e. The molecule has 142 valence electrons. The van der Waals surface area contributed by atoms with Gasteiger partial charge in [0.1, 0.15) is 5.75 Å². The van der Waals surface area contributed by atoms with E-state index in [1.807, 2.05) is 26.0 Å². The summed E-state index contributed by atoms with van der Waals surface area (Å²) in [6, 6.07) is 8.79. The number of carbonyl (C=O) groups excluding carboxylic acids is 2. The molecule has 27 heavy (non-hydrogen) atoms. The summed E-state index contributed by atoms with van der Waals surface area (Å²) in [5.41, 5.74) is 1.27. The molecule has 0 aliphatic carbocycles. The number of carbonyl (C=O) groups is 2. The number of morpholine rings is 1. The van der Waals surface area contributed by atoms with Gasteiger partial charge in [-0.1, -0.05) is 12.1 Å². The van der Waals surface area contributed by atoms with Crippen LogP contribution in [-0.4, -0.2) is 54.1 Å². The van der Waals surface area contributed by atoms with E-state index in [4.69, 9.17) is 9.47 Å². The summed E-state index contributed by atoms with van der Waals surface area (Å²) in [7, 11) is 0. The SMILES string of the molecule is CC(C)Oc1ccccc1NC(=O)c1cncc(C(=O)N2CCOCC2)c1. The Bertz CT molecular complexity index is 816. The Labute approximate surface area is 158 Å². The number of rotatable bonds is 5. The summed E-state index contributed by atoms with van der Waals surface area (Å²) in [5, 5.41) is 2.83. The van der Waals surface area contributed by atoms with Gasteiger partial charge in [0.15, 0.2) is 0 Å². The maximum Gasteiger partial charge on any atom is 0.257 e. The fourth-order valence-electron chi connectivity index (χ4n) is 2.75. The quantitative estimate of drug-likeness (QED) is 0.876. The summed E-state index contributed by atoms with van der Waals surface area (Å²) in [5.74, 6) is 0.0947. The molecule has 1 fully saturated rings. The van der Waals surface area contributed by atoms with E-state index >= 15 is 0 Å². The molecule has 2 amide bonds. The Morgan fingerprint density at radius 2 is 1.85 bits per heavy atom. The van der Waals surface area contributed by atoms with Gasteiger partial charge in [-0.3, -0.25) is 14.6 Å². The van der Waals surface area contributed by atoms with E-state index in [9.17, 15) is 9.59 Å². The molecule has 7 nitrogen and oxygen atoms in total. The van der Waals surface area contributed by atoms with Crippen LogP contribution in [-0.2, 0) is 4.74 Å². The van der Waals surface area contributed by atoms with Gasteiger partial charge in [-0.05, 0) is 32.0 Å². The average molecular weight is 369 g/mol. The second-order valence-electron chi connectivity index (χ2n) is 6.48. The minimum atomic E-state index is -0.348. The zero-order valence-corrected chi connectivity index (χ0v) is 15.5. The van der Waals surface area contributed by atoms with Crippen LogP contribution in [0.3, 0.4) is 0 Å². The van der Waals surface area contributed by atoms with Crippen molar-refractivity contribution in [3.8, 4) is 5.75 Å². The predicted molar refractivity (Wildman–Crippen MR) is 101 cm³/mol. The molecule has 1 N–H and O–H groups in total. The maximum absolute atomic E-state index is 12.7. The number of amides is 2. The van der Waals surface area contributed by atoms with Crippen molar-refractivity contribution in [2.45, 2.75) is 20.0 Å². The molecular formula is C20H23N3O4. The molecule has 1 aliphatic heterocycles. The molecule has 1 saturated heterocycles. The predicted octanol–water partition coefficient (Wildman–Crippen LogP) is 2.59. The first-order valence-corrected chi connectivity index (χ1v) is 8.93. The van der Waals surface area contributed by atoms with Crippen LogP contribution >= 0.6 is 0 Å². The van der Waals surface area contributed by atoms with Crippen LogP contribution in [0.15, 0.2) is 42.7 Å². The summed E-state index contributed by atoms with van der Waals surface area (Å²) >= 11 is 0. The standard InChI is InChI=1S/C20H23N3O4/c1-14(2)27-18-6-4-3-5-17(18)22-19(24)15-11-16(13-21-12-15)20(25)23-7-9-26-10-8-23/h3-6,11-14H,7-10H2,1-2H3,(H,22,24). The highest BCUT2D eigenvalue weighted by Crippen LogP contribution is 2.25. The highest BCUT2D eigenvalue weighted by molar-refractivity contribution is 6.06. The Kier molecular flexibility index (Phi) is 6.03. The monoisotopic (exact) mass is 369 g/mol. The number of benzene rings is 1. The molecule has 2 aromatic rings. The molecule has 1 aromatic heterocycles. The third-order valence-electron chi connectivity index (χ3n) is 4.04. The number of anilines is 1. The Hall–Kier alpha value is -2.93. The third-order valence-corrected chi connectivity index (χ3v) is 4.04. The van der Waals surface area contributed by atoms with E-state index < -0.39 is 0 Å². The molecule has 0 bridgehead atoms. The first-order chi connectivity index (χ1) is 13.0. The highest BCUT2D eigenvalue weighted by Gasteiger charge is 2.20. The molecule has 3 rings (SSSR count). The Morgan fingerprint density at radius 3 is 2.59 bits per heavy atom. The van der Waals surface area contributed by atoms with Gasteiger partial charge in [0.05, 0.1) is 36.1 Å². The van der Waals surface area contributed by atoms with E-state index in [2.05, 4.69) is 10.3 Å². The van der Waals surface area contributed by atoms with Gasteiger partial charge >= 0.3 is 0 Å². The molecule has 1 aromatic carbocycles. The lowest BCUT2D eigenvalue weighted by molar-refractivity contribution is 0.0302. The number of ether oxygens (including phenoxy) is 2. The summed E-state index contributed by atoms with van der Waals surface area (Å²) in [6.07, 6.45) is 2.90. The van der Waals surface area contributed by atoms with Crippen molar-refractivity contribution < 1.29 is 19.1 Å². The van der Waals surface area contributed by atoms with Crippen molar-refractivity contribution in [2.75, 3.05) is 31.6 Å². The number of pyridine rings is 1. The van der Waals surface area contributed by atoms with E-state index in [0.717, 1.165) is 0 Å². The smallest absolute Gasteiger partial charge is 0.257 e. The number of hydrogen-bond donors (Lipinski definition) is 1. The molecule has 0 saturated carbocycles. The molecule has 1 aliphatic rings. The van der Waals surface area contributed by atoms with Gasteiger partial charge in [0, 0.05) is 25.5 Å². The van der Waals surface area contributed by atoms with Gasteiger partial charge in [0.2, 0.25) is 0 Å². The fourth-order valence-corrected chi connectivity index (χ4v) is 2.75. The normalized spacial score (nSPS) is 14.1. The largest absolute Gasteiger partial charge is 0.489 e. The van der Waals surface area contributed by atoms with E-state index in [0.29, 0.717) is 48.9 Å². The highest BCUT2D eigenvalue weighted by atomic mass is 16.5. The summed E-state index contributed by atoms with van der Waals surface area (Å²) < 4.78 is 11.0. The zero-order valence-electron chi connectivity index (χ0n) is 15.5. The van der Waals surface area contributed by atoms with Crippen LogP contribution in [0.1, 0.15) is 34.6 Å². The summed E-state index contributed by atoms with van der Waals surface area (Å²) in [6.45, 7) is 5.95. The topological polar surface area (TPSA) is 80.8 Å². The molecule has 0 unspecified atom stereocenters. The molecular weight excluding hydrogens is 346 g/mol. The Morgan fingerprint density at radius 1 is 1.15 bits per heavy atom. The van der Waals surface area contributed by atoms with Gasteiger partial charge in [-0.15, -0.1) is 0 Å². The molecule has 0 spiro atoms. The van der Waals surface area contributed by atoms with Crippen molar-refractivity contribution >= 4 is 17.5 Å². The lowest BCUT2D eigenvalue weighted by atomic mass is 10.1. The third kappa shape index (κ3) is 4.83. The van der Waals surface area contributed by atoms with Gasteiger partial charge < -0.3 is 19.7 Å². The van der Waals surface area contributed by atoms with E-state index in [-0.39, 0.29) is 17.9 Å². The first kappa shape index (κ1) is 18.8. The van der Waals surface area contributed by atoms with E-state index in [1.165, 1.54) is 12.4 Å². The molecule has 0 radical (unpaired) electrons. The van der Waals surface area contributed by atoms with Crippen molar-refractivity contribution in [1.29, 1.82) is 0 Å². The molecule has 7 heteroatoms. The van der Waals surface area contributed by atoms with Crippen LogP contribution in [0.5, 0.6) is 5.75 Å². The van der Waals surface area contributed by atoms with Gasteiger partial charge in [-0.25, -0.2) is 0 Å². The van der Waals surface area contributed by atoms with Crippen LogP contribution in [0.25, 0.3) is 0 Å². The number of para-hydroxylation sites is 2. The molecule has 0 atom stereocenters. The number of aromatic nitrogens is 1. The average Bonchev–Trinajstić information content (AvgIpc) is 2.69. The van der Waals surface area contributed by atoms with E-state index in [1.54, 1.807) is 23.1 Å². The summed E-state index contributed by atoms with van der Waals surface area (Å²) in [4.78, 5) is 31.0. The van der Waals surface area contributed by atoms with Crippen molar-refractivity contribution in [3.63, 3.8) is 0 Å². The van der Waals surface area contributed by atoms with Gasteiger partial charge in [-0.2, -0.15) is 0 Å². The number of nitrogens with zero attached hydrogens (tertiary/aromatic N) is 2. The minimum absolute atomic E-state index is 0.0146. The van der Waals surface area contributed by atoms with Crippen LogP contribution in [0.2, 0.25) is 0 Å². The second kappa shape index (κ2) is 8.64. The second-order valence-corrected chi connectivity index (χ2v) is 6.48. The van der Waals surface area contributed by atoms with Crippen LogP contribution < -0.4 is 10.1 Å². The van der Waals surface area contributed by atoms with Crippen LogP contribution in [0.4, 0.5) is 5.69 Å². The Balaban J connectivity index is 1.75. The van der Waals surface area contributed by atoms with Crippen molar-refractivity contribution in [2.24, 2.45) is 0 Å². The lowest BCUT2D eigenvalue weighted by Crippen LogP contribution is -2.40. The van der Waals surface area contributed by atoms with Crippen LogP contribution in [0, 0.1) is 0 Å². The first-order valence-electron chi connectivity index (χ1n) is 8.93. The molecule has 2 heterocycles. The van der Waals surface area contributed by atoms with Crippen molar-refractivity contribution in [3.05, 3.63) is 53.9 Å².